The zero-order valence-electron chi connectivity index (χ0n) is 15.6. The Labute approximate surface area is 144 Å². The number of unbranched alkanes of at least 4 members (excludes halogenated alkanes) is 13. The van der Waals surface area contributed by atoms with Gasteiger partial charge in [0, 0.05) is 6.42 Å². The van der Waals surface area contributed by atoms with Crippen molar-refractivity contribution in [3.8, 4) is 0 Å². The first-order chi connectivity index (χ1) is 11.3. The molecule has 0 fully saturated rings. The van der Waals surface area contributed by atoms with Gasteiger partial charge in [-0.3, -0.25) is 4.79 Å². The summed E-state index contributed by atoms with van der Waals surface area (Å²) in [4.78, 5) is 10.3. The van der Waals surface area contributed by atoms with Crippen LogP contribution >= 0.6 is 0 Å². The molecule has 3 nitrogen and oxygen atoms in total. The summed E-state index contributed by atoms with van der Waals surface area (Å²) in [5.74, 6) is -0.691. The summed E-state index contributed by atoms with van der Waals surface area (Å²) in [6, 6.07) is 0. The molecule has 0 aliphatic carbocycles. The van der Waals surface area contributed by atoms with Crippen LogP contribution in [0.15, 0.2) is 0 Å². The van der Waals surface area contributed by atoms with Gasteiger partial charge in [-0.15, -0.1) is 0 Å². The maximum Gasteiger partial charge on any atom is 0.303 e. The van der Waals surface area contributed by atoms with Gasteiger partial charge in [-0.1, -0.05) is 90.4 Å². The van der Waals surface area contributed by atoms with Crippen LogP contribution in [0.3, 0.4) is 0 Å². The van der Waals surface area contributed by atoms with Crippen molar-refractivity contribution in [1.82, 2.24) is 5.32 Å². The molecule has 3 heteroatoms. The molecule has 0 saturated heterocycles. The number of hydrogen-bond donors (Lipinski definition) is 2. The highest BCUT2D eigenvalue weighted by Crippen LogP contribution is 2.12. The van der Waals surface area contributed by atoms with Gasteiger partial charge >= 0.3 is 5.97 Å². The van der Waals surface area contributed by atoms with Crippen LogP contribution in [0, 0.1) is 0 Å². The van der Waals surface area contributed by atoms with Crippen molar-refractivity contribution in [3.63, 3.8) is 0 Å². The Kier molecular flexibility index (Phi) is 19.0. The van der Waals surface area contributed by atoms with Gasteiger partial charge in [-0.05, 0) is 25.9 Å². The molecule has 0 aliphatic rings. The zero-order chi connectivity index (χ0) is 17.0. The van der Waals surface area contributed by atoms with Gasteiger partial charge in [0.2, 0.25) is 0 Å². The van der Waals surface area contributed by atoms with E-state index in [0.717, 1.165) is 19.5 Å². The van der Waals surface area contributed by atoms with Crippen LogP contribution in [0.1, 0.15) is 110 Å². The van der Waals surface area contributed by atoms with Gasteiger partial charge in [-0.25, -0.2) is 0 Å². The van der Waals surface area contributed by atoms with E-state index in [1.807, 2.05) is 0 Å². The topological polar surface area (TPSA) is 49.3 Å². The van der Waals surface area contributed by atoms with Crippen molar-refractivity contribution < 1.29 is 9.90 Å². The minimum atomic E-state index is -0.691. The Morgan fingerprint density at radius 3 is 1.48 bits per heavy atom. The van der Waals surface area contributed by atoms with E-state index in [1.54, 1.807) is 0 Å². The molecule has 2 N–H and O–H groups in total. The summed E-state index contributed by atoms with van der Waals surface area (Å²) in [6.07, 6.45) is 20.5. The largest absolute Gasteiger partial charge is 0.481 e. The van der Waals surface area contributed by atoms with Gasteiger partial charge in [-0.2, -0.15) is 0 Å². The van der Waals surface area contributed by atoms with Gasteiger partial charge < -0.3 is 10.4 Å². The third kappa shape index (κ3) is 21.4. The Bertz CT molecular complexity index is 244. The third-order valence-electron chi connectivity index (χ3n) is 4.45. The molecule has 0 bridgehead atoms. The van der Waals surface area contributed by atoms with Gasteiger partial charge in [0.05, 0.1) is 0 Å². The highest BCUT2D eigenvalue weighted by molar-refractivity contribution is 5.66. The molecular weight excluding hydrogens is 286 g/mol. The molecule has 0 aliphatic heterocycles. The molecule has 0 aromatic rings. The van der Waals surface area contributed by atoms with Gasteiger partial charge in [0.1, 0.15) is 0 Å². The van der Waals surface area contributed by atoms with E-state index in [1.165, 1.54) is 89.9 Å². The van der Waals surface area contributed by atoms with Crippen LogP contribution in [0.4, 0.5) is 0 Å². The summed E-state index contributed by atoms with van der Waals surface area (Å²) in [7, 11) is 0. The average Bonchev–Trinajstić information content (AvgIpc) is 2.53. The summed E-state index contributed by atoms with van der Waals surface area (Å²) < 4.78 is 0. The number of carbonyl (C=O) groups is 1. The van der Waals surface area contributed by atoms with Crippen LogP contribution in [-0.2, 0) is 4.79 Å². The number of nitrogens with one attached hydrogen (secondary N) is 1. The van der Waals surface area contributed by atoms with Crippen molar-refractivity contribution in [2.24, 2.45) is 0 Å². The lowest BCUT2D eigenvalue weighted by molar-refractivity contribution is -0.137. The maximum atomic E-state index is 10.3. The van der Waals surface area contributed by atoms with Gasteiger partial charge in [0.15, 0.2) is 0 Å². The van der Waals surface area contributed by atoms with Crippen LogP contribution < -0.4 is 5.32 Å². The Morgan fingerprint density at radius 1 is 0.652 bits per heavy atom. The first-order valence-electron chi connectivity index (χ1n) is 10.2. The predicted molar refractivity (Wildman–Crippen MR) is 100 cm³/mol. The first-order valence-corrected chi connectivity index (χ1v) is 10.2. The molecule has 0 aromatic heterocycles. The number of carboxylic acid groups (broad SMARTS) is 1. The zero-order valence-corrected chi connectivity index (χ0v) is 15.6. The fraction of sp³-hybridized carbons (Fsp3) is 0.950. The Hall–Kier alpha value is -0.570. The van der Waals surface area contributed by atoms with Crippen molar-refractivity contribution in [1.29, 1.82) is 0 Å². The Balaban J connectivity index is 2.96. The molecule has 0 unspecified atom stereocenters. The minimum Gasteiger partial charge on any atom is -0.481 e. The van der Waals surface area contributed by atoms with Crippen LogP contribution in [0.25, 0.3) is 0 Å². The maximum absolute atomic E-state index is 10.3. The fourth-order valence-corrected chi connectivity index (χ4v) is 2.93. The van der Waals surface area contributed by atoms with Crippen molar-refractivity contribution in [3.05, 3.63) is 0 Å². The fourth-order valence-electron chi connectivity index (χ4n) is 2.93. The summed E-state index contributed by atoms with van der Waals surface area (Å²) in [6.45, 7) is 4.15. The molecule has 0 atom stereocenters. The first kappa shape index (κ1) is 22.4. The van der Waals surface area contributed by atoms with Gasteiger partial charge in [0.25, 0.3) is 0 Å². The van der Waals surface area contributed by atoms with Crippen molar-refractivity contribution in [2.75, 3.05) is 13.1 Å². The van der Waals surface area contributed by atoms with Crippen molar-refractivity contribution in [2.45, 2.75) is 110 Å². The second kappa shape index (κ2) is 19.5. The Morgan fingerprint density at radius 2 is 1.04 bits per heavy atom. The summed E-state index contributed by atoms with van der Waals surface area (Å²) >= 11 is 0. The summed E-state index contributed by atoms with van der Waals surface area (Å²) in [5, 5.41) is 11.8. The predicted octanol–water partition coefficient (Wildman–Crippen LogP) is 5.92. The molecule has 0 aromatic carbocycles. The second-order valence-corrected chi connectivity index (χ2v) is 6.84. The standard InChI is InChI=1S/C20H41NO2/c1-2-3-4-5-6-7-8-9-10-11-12-13-14-15-18-21-19-16-17-20(22)23/h21H,2-19H2,1H3,(H,22,23). The van der Waals surface area contributed by atoms with E-state index < -0.39 is 5.97 Å². The van der Waals surface area contributed by atoms with E-state index in [0.29, 0.717) is 0 Å². The summed E-state index contributed by atoms with van der Waals surface area (Å²) in [5.41, 5.74) is 0. The molecular formula is C20H41NO2. The molecule has 0 spiro atoms. The number of hydrogen-bond acceptors (Lipinski definition) is 2. The van der Waals surface area contributed by atoms with Crippen LogP contribution in [0.2, 0.25) is 0 Å². The molecule has 0 rings (SSSR count). The van der Waals surface area contributed by atoms with Crippen LogP contribution in [0.5, 0.6) is 0 Å². The molecule has 0 radical (unpaired) electrons. The monoisotopic (exact) mass is 327 g/mol. The van der Waals surface area contributed by atoms with Crippen LogP contribution in [-0.4, -0.2) is 24.2 Å². The van der Waals surface area contributed by atoms with E-state index in [-0.39, 0.29) is 6.42 Å². The lowest BCUT2D eigenvalue weighted by Crippen LogP contribution is -2.17. The second-order valence-electron chi connectivity index (χ2n) is 6.84. The van der Waals surface area contributed by atoms with E-state index in [4.69, 9.17) is 5.11 Å². The molecule has 0 heterocycles. The molecule has 0 amide bonds. The normalized spacial score (nSPS) is 11.0. The average molecular weight is 328 g/mol. The smallest absolute Gasteiger partial charge is 0.303 e. The third-order valence-corrected chi connectivity index (χ3v) is 4.45. The highest BCUT2D eigenvalue weighted by Gasteiger charge is 1.96. The quantitative estimate of drug-likeness (QED) is 0.289. The molecule has 23 heavy (non-hydrogen) atoms. The number of rotatable bonds is 19. The lowest BCUT2D eigenvalue weighted by atomic mass is 10.0. The van der Waals surface area contributed by atoms with E-state index in [2.05, 4.69) is 12.2 Å². The molecule has 138 valence electrons. The highest BCUT2D eigenvalue weighted by atomic mass is 16.4. The molecule has 0 saturated carbocycles. The van der Waals surface area contributed by atoms with Crippen molar-refractivity contribution >= 4 is 5.97 Å². The number of aliphatic carboxylic acids is 1. The van der Waals surface area contributed by atoms with E-state index in [9.17, 15) is 4.79 Å². The SMILES string of the molecule is CCCCCCCCCCCCCCCCNCCCC(=O)O. The minimum absolute atomic E-state index is 0.283. The number of carboxylic acids is 1. The lowest BCUT2D eigenvalue weighted by Gasteiger charge is -2.04. The van der Waals surface area contributed by atoms with E-state index >= 15 is 0 Å².